The van der Waals surface area contributed by atoms with Crippen molar-refractivity contribution < 1.29 is 14.3 Å². The van der Waals surface area contributed by atoms with Gasteiger partial charge in [-0.05, 0) is 33.2 Å². The SMILES string of the molecule is CC1(C)OCC(CNC(=O)C2CCCCN2)O1. The molecule has 1 amide bonds. The highest BCUT2D eigenvalue weighted by Gasteiger charge is 2.33. The summed E-state index contributed by atoms with van der Waals surface area (Å²) in [6, 6.07) is -0.0286. The van der Waals surface area contributed by atoms with Gasteiger partial charge in [-0.1, -0.05) is 6.42 Å². The summed E-state index contributed by atoms with van der Waals surface area (Å²) in [6.45, 7) is 5.79. The number of amides is 1. The molecule has 0 saturated carbocycles. The average Bonchev–Trinajstić information content (AvgIpc) is 2.67. The largest absolute Gasteiger partial charge is 0.352 e. The van der Waals surface area contributed by atoms with Gasteiger partial charge in [0.2, 0.25) is 5.91 Å². The molecule has 0 aliphatic carbocycles. The van der Waals surface area contributed by atoms with Crippen LogP contribution in [-0.4, -0.2) is 43.5 Å². The van der Waals surface area contributed by atoms with Gasteiger partial charge >= 0.3 is 0 Å². The summed E-state index contributed by atoms with van der Waals surface area (Å²) in [5, 5.41) is 6.15. The van der Waals surface area contributed by atoms with Crippen molar-refractivity contribution in [1.82, 2.24) is 10.6 Å². The van der Waals surface area contributed by atoms with Crippen LogP contribution in [0.2, 0.25) is 0 Å². The molecular weight excluding hydrogens is 220 g/mol. The van der Waals surface area contributed by atoms with E-state index in [0.717, 1.165) is 25.8 Å². The molecule has 2 atom stereocenters. The van der Waals surface area contributed by atoms with Crippen LogP contribution >= 0.6 is 0 Å². The summed E-state index contributed by atoms with van der Waals surface area (Å²) in [5.74, 6) is -0.434. The first-order chi connectivity index (χ1) is 8.07. The number of hydrogen-bond donors (Lipinski definition) is 2. The van der Waals surface area contributed by atoms with Gasteiger partial charge in [0.05, 0.1) is 12.6 Å². The first kappa shape index (κ1) is 12.8. The number of ether oxygens (including phenoxy) is 2. The molecule has 2 N–H and O–H groups in total. The maximum absolute atomic E-state index is 11.8. The summed E-state index contributed by atoms with van der Waals surface area (Å²) in [6.07, 6.45) is 3.19. The summed E-state index contributed by atoms with van der Waals surface area (Å²) in [7, 11) is 0. The molecule has 5 nitrogen and oxygen atoms in total. The molecule has 2 aliphatic heterocycles. The second-order valence-corrected chi connectivity index (χ2v) is 5.20. The molecule has 2 heterocycles. The van der Waals surface area contributed by atoms with Crippen LogP contribution in [0.3, 0.4) is 0 Å². The van der Waals surface area contributed by atoms with Gasteiger partial charge in [-0.15, -0.1) is 0 Å². The van der Waals surface area contributed by atoms with Crippen molar-refractivity contribution >= 4 is 5.91 Å². The van der Waals surface area contributed by atoms with Gasteiger partial charge in [0, 0.05) is 6.54 Å². The fourth-order valence-corrected chi connectivity index (χ4v) is 2.28. The number of hydrogen-bond acceptors (Lipinski definition) is 4. The van der Waals surface area contributed by atoms with Gasteiger partial charge in [0.25, 0.3) is 0 Å². The Bertz CT molecular complexity index is 275. The van der Waals surface area contributed by atoms with E-state index in [0.29, 0.717) is 13.2 Å². The van der Waals surface area contributed by atoms with Crippen molar-refractivity contribution in [2.75, 3.05) is 19.7 Å². The Kier molecular flexibility index (Phi) is 4.01. The number of piperidine rings is 1. The Hall–Kier alpha value is -0.650. The zero-order valence-electron chi connectivity index (χ0n) is 10.6. The van der Waals surface area contributed by atoms with Crippen molar-refractivity contribution in [2.24, 2.45) is 0 Å². The molecule has 0 radical (unpaired) electrons. The fourth-order valence-electron chi connectivity index (χ4n) is 2.28. The van der Waals surface area contributed by atoms with Crippen LogP contribution in [0.4, 0.5) is 0 Å². The van der Waals surface area contributed by atoms with E-state index < -0.39 is 5.79 Å². The van der Waals surface area contributed by atoms with Crippen molar-refractivity contribution in [3.05, 3.63) is 0 Å². The van der Waals surface area contributed by atoms with E-state index in [1.54, 1.807) is 0 Å². The van der Waals surface area contributed by atoms with Crippen molar-refractivity contribution in [1.29, 1.82) is 0 Å². The third-order valence-corrected chi connectivity index (χ3v) is 3.20. The molecule has 5 heteroatoms. The van der Waals surface area contributed by atoms with Gasteiger partial charge in [0.1, 0.15) is 6.10 Å². The van der Waals surface area contributed by atoms with E-state index in [9.17, 15) is 4.79 Å². The zero-order valence-corrected chi connectivity index (χ0v) is 10.6. The molecular formula is C12H22N2O3. The Balaban J connectivity index is 1.69. The third kappa shape index (κ3) is 3.66. The summed E-state index contributed by atoms with van der Waals surface area (Å²) in [4.78, 5) is 11.8. The molecule has 0 aromatic rings. The van der Waals surface area contributed by atoms with E-state index >= 15 is 0 Å². The zero-order chi connectivity index (χ0) is 12.3. The minimum Gasteiger partial charge on any atom is -0.352 e. The Morgan fingerprint density at radius 1 is 1.47 bits per heavy atom. The van der Waals surface area contributed by atoms with E-state index in [-0.39, 0.29) is 18.1 Å². The molecule has 0 aromatic heterocycles. The van der Waals surface area contributed by atoms with Gasteiger partial charge < -0.3 is 20.1 Å². The molecule has 2 unspecified atom stereocenters. The minimum absolute atomic E-state index is 0.0286. The molecule has 2 rings (SSSR count). The molecule has 17 heavy (non-hydrogen) atoms. The molecule has 0 spiro atoms. The van der Waals surface area contributed by atoms with Crippen molar-refractivity contribution in [3.63, 3.8) is 0 Å². The third-order valence-electron chi connectivity index (χ3n) is 3.20. The first-order valence-electron chi connectivity index (χ1n) is 6.40. The predicted octanol–water partition coefficient (Wildman–Crippen LogP) is 0.396. The van der Waals surface area contributed by atoms with Gasteiger partial charge in [-0.2, -0.15) is 0 Å². The highest BCUT2D eigenvalue weighted by Crippen LogP contribution is 2.21. The maximum Gasteiger partial charge on any atom is 0.237 e. The second-order valence-electron chi connectivity index (χ2n) is 5.20. The lowest BCUT2D eigenvalue weighted by Crippen LogP contribution is -2.48. The van der Waals surface area contributed by atoms with Gasteiger partial charge in [0.15, 0.2) is 5.79 Å². The number of carbonyl (C=O) groups is 1. The second kappa shape index (κ2) is 5.33. The quantitative estimate of drug-likeness (QED) is 0.752. The topological polar surface area (TPSA) is 59.6 Å². The van der Waals surface area contributed by atoms with Crippen LogP contribution in [0.1, 0.15) is 33.1 Å². The number of rotatable bonds is 3. The van der Waals surface area contributed by atoms with Crippen molar-refractivity contribution in [3.8, 4) is 0 Å². The van der Waals surface area contributed by atoms with Crippen LogP contribution in [0.5, 0.6) is 0 Å². The van der Waals surface area contributed by atoms with E-state index in [1.807, 2.05) is 13.8 Å². The maximum atomic E-state index is 11.8. The lowest BCUT2D eigenvalue weighted by molar-refractivity contribution is -0.139. The van der Waals surface area contributed by atoms with E-state index in [1.165, 1.54) is 0 Å². The highest BCUT2D eigenvalue weighted by molar-refractivity contribution is 5.81. The molecule has 2 fully saturated rings. The molecule has 98 valence electrons. The molecule has 2 saturated heterocycles. The lowest BCUT2D eigenvalue weighted by Gasteiger charge is -2.23. The summed E-state index contributed by atoms with van der Waals surface area (Å²) >= 11 is 0. The smallest absolute Gasteiger partial charge is 0.237 e. The standard InChI is InChI=1S/C12H22N2O3/c1-12(2)16-8-9(17-12)7-14-11(15)10-5-3-4-6-13-10/h9-10,13H,3-8H2,1-2H3,(H,14,15). The van der Waals surface area contributed by atoms with Crippen LogP contribution in [-0.2, 0) is 14.3 Å². The monoisotopic (exact) mass is 242 g/mol. The lowest BCUT2D eigenvalue weighted by atomic mass is 10.0. The number of nitrogens with one attached hydrogen (secondary N) is 2. The molecule has 0 aromatic carbocycles. The first-order valence-corrected chi connectivity index (χ1v) is 6.40. The van der Waals surface area contributed by atoms with Crippen LogP contribution < -0.4 is 10.6 Å². The highest BCUT2D eigenvalue weighted by atomic mass is 16.7. The molecule has 2 aliphatic rings. The summed E-state index contributed by atoms with van der Waals surface area (Å²) < 4.78 is 11.1. The van der Waals surface area contributed by atoms with Gasteiger partial charge in [-0.3, -0.25) is 4.79 Å². The van der Waals surface area contributed by atoms with Crippen molar-refractivity contribution in [2.45, 2.75) is 51.0 Å². The van der Waals surface area contributed by atoms with E-state index in [2.05, 4.69) is 10.6 Å². The summed E-state index contributed by atoms with van der Waals surface area (Å²) in [5.41, 5.74) is 0. The van der Waals surface area contributed by atoms with E-state index in [4.69, 9.17) is 9.47 Å². The average molecular weight is 242 g/mol. The Morgan fingerprint density at radius 2 is 2.29 bits per heavy atom. The normalized spacial score (nSPS) is 32.4. The van der Waals surface area contributed by atoms with Crippen LogP contribution in [0.15, 0.2) is 0 Å². The Labute approximate surface area is 102 Å². The molecule has 0 bridgehead atoms. The minimum atomic E-state index is -0.515. The Morgan fingerprint density at radius 3 is 2.88 bits per heavy atom. The van der Waals surface area contributed by atoms with Crippen LogP contribution in [0, 0.1) is 0 Å². The fraction of sp³-hybridized carbons (Fsp3) is 0.917. The predicted molar refractivity (Wildman–Crippen MR) is 63.6 cm³/mol. The number of carbonyl (C=O) groups excluding carboxylic acids is 1. The van der Waals surface area contributed by atoms with Gasteiger partial charge in [-0.25, -0.2) is 0 Å². The van der Waals surface area contributed by atoms with Crippen LogP contribution in [0.25, 0.3) is 0 Å².